The van der Waals surface area contributed by atoms with Gasteiger partial charge in [-0.1, -0.05) is 44.5 Å². The van der Waals surface area contributed by atoms with Crippen LogP contribution in [0.5, 0.6) is 11.6 Å². The van der Waals surface area contributed by atoms with Gasteiger partial charge in [-0.05, 0) is 35.6 Å². The fourth-order valence-corrected chi connectivity index (χ4v) is 2.10. The molecule has 0 N–H and O–H groups in total. The molecule has 0 fully saturated rings. The van der Waals surface area contributed by atoms with Crippen molar-refractivity contribution in [2.75, 3.05) is 0 Å². The number of aromatic nitrogens is 2. The number of ether oxygens (including phenoxy) is 1. The lowest BCUT2D eigenvalue weighted by Crippen LogP contribution is -2.12. The zero-order valence-corrected chi connectivity index (χ0v) is 13.4. The van der Waals surface area contributed by atoms with Gasteiger partial charge in [0.25, 0.3) is 0 Å². The second kappa shape index (κ2) is 5.58. The number of halogens is 2. The predicted molar refractivity (Wildman–Crippen MR) is 82.0 cm³/mol. The standard InChI is InChI=1S/C15H16Cl2N2O/c1-9-5-6-10(15(2,3)4)12(7-9)20-13-11(16)8-18-14(17)19-13/h5-8H,1-4H3. The van der Waals surface area contributed by atoms with E-state index in [0.29, 0.717) is 5.02 Å². The van der Waals surface area contributed by atoms with Crippen molar-refractivity contribution < 1.29 is 4.74 Å². The van der Waals surface area contributed by atoms with Gasteiger partial charge in [0.2, 0.25) is 11.2 Å². The molecule has 1 aromatic heterocycles. The lowest BCUT2D eigenvalue weighted by molar-refractivity contribution is 0.438. The topological polar surface area (TPSA) is 35.0 Å². The molecule has 3 nitrogen and oxygen atoms in total. The van der Waals surface area contributed by atoms with Crippen LogP contribution in [0.15, 0.2) is 24.4 Å². The summed E-state index contributed by atoms with van der Waals surface area (Å²) in [6, 6.07) is 6.08. The van der Waals surface area contributed by atoms with E-state index in [1.54, 1.807) is 0 Å². The monoisotopic (exact) mass is 310 g/mol. The van der Waals surface area contributed by atoms with E-state index >= 15 is 0 Å². The number of rotatable bonds is 2. The first-order chi connectivity index (χ1) is 9.27. The van der Waals surface area contributed by atoms with Crippen LogP contribution < -0.4 is 4.74 Å². The van der Waals surface area contributed by atoms with Crippen LogP contribution in [0.4, 0.5) is 0 Å². The van der Waals surface area contributed by atoms with Gasteiger partial charge in [-0.2, -0.15) is 4.98 Å². The fraction of sp³-hybridized carbons (Fsp3) is 0.333. The molecule has 0 amide bonds. The summed E-state index contributed by atoms with van der Waals surface area (Å²) < 4.78 is 5.86. The minimum absolute atomic E-state index is 0.0493. The van der Waals surface area contributed by atoms with E-state index in [4.69, 9.17) is 27.9 Å². The molecular formula is C15H16Cl2N2O. The molecule has 0 radical (unpaired) electrons. The highest BCUT2D eigenvalue weighted by Gasteiger charge is 2.20. The van der Waals surface area contributed by atoms with Gasteiger partial charge in [0.1, 0.15) is 10.8 Å². The Hall–Kier alpha value is -1.32. The molecule has 0 saturated carbocycles. The lowest BCUT2D eigenvalue weighted by Gasteiger charge is -2.23. The molecule has 0 spiro atoms. The Balaban J connectivity index is 2.47. The van der Waals surface area contributed by atoms with Crippen LogP contribution >= 0.6 is 23.2 Å². The maximum Gasteiger partial charge on any atom is 0.242 e. The van der Waals surface area contributed by atoms with Gasteiger partial charge in [-0.3, -0.25) is 0 Å². The molecule has 0 saturated heterocycles. The Morgan fingerprint density at radius 3 is 2.50 bits per heavy atom. The normalized spacial score (nSPS) is 11.5. The van der Waals surface area contributed by atoms with Gasteiger partial charge in [0.15, 0.2) is 0 Å². The fourth-order valence-electron chi connectivity index (χ4n) is 1.84. The quantitative estimate of drug-likeness (QED) is 0.717. The molecule has 20 heavy (non-hydrogen) atoms. The van der Waals surface area contributed by atoms with Crippen molar-refractivity contribution in [1.29, 1.82) is 0 Å². The molecule has 2 aromatic rings. The van der Waals surface area contributed by atoms with Crippen molar-refractivity contribution in [1.82, 2.24) is 9.97 Å². The van der Waals surface area contributed by atoms with Gasteiger partial charge in [-0.15, -0.1) is 0 Å². The third kappa shape index (κ3) is 3.41. The lowest BCUT2D eigenvalue weighted by atomic mass is 9.86. The predicted octanol–water partition coefficient (Wildman–Crippen LogP) is 5.18. The van der Waals surface area contributed by atoms with E-state index in [2.05, 4.69) is 42.9 Å². The van der Waals surface area contributed by atoms with Gasteiger partial charge < -0.3 is 4.74 Å². The third-order valence-electron chi connectivity index (χ3n) is 2.83. The van der Waals surface area contributed by atoms with E-state index < -0.39 is 0 Å². The summed E-state index contributed by atoms with van der Waals surface area (Å²) in [6.07, 6.45) is 1.43. The summed E-state index contributed by atoms with van der Waals surface area (Å²) in [7, 11) is 0. The third-order valence-corrected chi connectivity index (χ3v) is 3.28. The highest BCUT2D eigenvalue weighted by atomic mass is 35.5. The molecular weight excluding hydrogens is 295 g/mol. The summed E-state index contributed by atoms with van der Waals surface area (Å²) in [6.45, 7) is 8.38. The number of hydrogen-bond donors (Lipinski definition) is 0. The molecule has 0 aliphatic carbocycles. The minimum atomic E-state index is -0.0493. The largest absolute Gasteiger partial charge is 0.437 e. The molecule has 106 valence electrons. The molecule has 0 aliphatic rings. The second-order valence-electron chi connectivity index (χ2n) is 5.64. The highest BCUT2D eigenvalue weighted by Crippen LogP contribution is 2.36. The number of aryl methyl sites for hydroxylation is 1. The first-order valence-electron chi connectivity index (χ1n) is 6.24. The van der Waals surface area contributed by atoms with E-state index in [1.807, 2.05) is 13.0 Å². The van der Waals surface area contributed by atoms with Gasteiger partial charge in [-0.25, -0.2) is 4.98 Å². The van der Waals surface area contributed by atoms with Crippen LogP contribution in [0.2, 0.25) is 10.3 Å². The van der Waals surface area contributed by atoms with Crippen LogP contribution in [-0.2, 0) is 5.41 Å². The first kappa shape index (κ1) is 15.1. The Morgan fingerprint density at radius 1 is 1.15 bits per heavy atom. The summed E-state index contributed by atoms with van der Waals surface area (Å²) >= 11 is 11.8. The minimum Gasteiger partial charge on any atom is -0.437 e. The zero-order valence-electron chi connectivity index (χ0n) is 11.9. The molecule has 1 aromatic carbocycles. The molecule has 0 unspecified atom stereocenters. The maximum atomic E-state index is 6.04. The smallest absolute Gasteiger partial charge is 0.242 e. The van der Waals surface area contributed by atoms with Gasteiger partial charge >= 0.3 is 0 Å². The number of hydrogen-bond acceptors (Lipinski definition) is 3. The molecule has 1 heterocycles. The molecule has 2 rings (SSSR count). The van der Waals surface area contributed by atoms with Crippen molar-refractivity contribution in [3.05, 3.63) is 45.8 Å². The Morgan fingerprint density at radius 2 is 1.85 bits per heavy atom. The number of benzene rings is 1. The van der Waals surface area contributed by atoms with E-state index in [1.165, 1.54) is 6.20 Å². The van der Waals surface area contributed by atoms with Crippen molar-refractivity contribution in [3.8, 4) is 11.6 Å². The van der Waals surface area contributed by atoms with E-state index in [0.717, 1.165) is 16.9 Å². The number of nitrogens with zero attached hydrogens (tertiary/aromatic N) is 2. The van der Waals surface area contributed by atoms with Crippen LogP contribution in [0.3, 0.4) is 0 Å². The second-order valence-corrected chi connectivity index (χ2v) is 6.39. The summed E-state index contributed by atoms with van der Waals surface area (Å²) in [5, 5.41) is 0.435. The van der Waals surface area contributed by atoms with Crippen LogP contribution in [0.1, 0.15) is 31.9 Å². The Bertz CT molecular complexity index is 636. The average Bonchev–Trinajstić information content (AvgIpc) is 2.32. The Kier molecular flexibility index (Phi) is 4.21. The Labute approximate surface area is 128 Å². The highest BCUT2D eigenvalue weighted by molar-refractivity contribution is 6.32. The zero-order chi connectivity index (χ0) is 14.9. The molecule has 0 aliphatic heterocycles. The summed E-state index contributed by atoms with van der Waals surface area (Å²) in [5.74, 6) is 0.997. The maximum absolute atomic E-state index is 6.04. The molecule has 0 atom stereocenters. The molecule has 0 bridgehead atoms. The SMILES string of the molecule is Cc1ccc(C(C)(C)C)c(Oc2nc(Cl)ncc2Cl)c1. The average molecular weight is 311 g/mol. The van der Waals surface area contributed by atoms with Crippen molar-refractivity contribution in [2.45, 2.75) is 33.1 Å². The van der Waals surface area contributed by atoms with Crippen LogP contribution in [-0.4, -0.2) is 9.97 Å². The van der Waals surface area contributed by atoms with Crippen molar-refractivity contribution >= 4 is 23.2 Å². The van der Waals surface area contributed by atoms with Crippen molar-refractivity contribution in [2.24, 2.45) is 0 Å². The van der Waals surface area contributed by atoms with Crippen LogP contribution in [0, 0.1) is 6.92 Å². The molecule has 5 heteroatoms. The van der Waals surface area contributed by atoms with E-state index in [-0.39, 0.29) is 16.6 Å². The van der Waals surface area contributed by atoms with Gasteiger partial charge in [0, 0.05) is 5.56 Å². The van der Waals surface area contributed by atoms with E-state index in [9.17, 15) is 0 Å². The summed E-state index contributed by atoms with van der Waals surface area (Å²) in [4.78, 5) is 7.83. The van der Waals surface area contributed by atoms with Crippen LogP contribution in [0.25, 0.3) is 0 Å². The van der Waals surface area contributed by atoms with Gasteiger partial charge in [0.05, 0.1) is 6.20 Å². The van der Waals surface area contributed by atoms with Crippen molar-refractivity contribution in [3.63, 3.8) is 0 Å². The summed E-state index contributed by atoms with van der Waals surface area (Å²) in [5.41, 5.74) is 2.13. The first-order valence-corrected chi connectivity index (χ1v) is 7.00.